The number of nitrogens with two attached hydrogens (primary N) is 1. The lowest BCUT2D eigenvalue weighted by Crippen LogP contribution is -2.24. The zero-order valence-corrected chi connectivity index (χ0v) is 10.4. The van der Waals surface area contributed by atoms with E-state index < -0.39 is 0 Å². The number of hydrogen-bond acceptors (Lipinski definition) is 3. The summed E-state index contributed by atoms with van der Waals surface area (Å²) in [4.78, 5) is 4.79. The van der Waals surface area contributed by atoms with Crippen molar-refractivity contribution >= 4 is 11.8 Å². The lowest BCUT2D eigenvalue weighted by Gasteiger charge is -2.20. The van der Waals surface area contributed by atoms with E-state index in [9.17, 15) is 0 Å². The van der Waals surface area contributed by atoms with E-state index in [-0.39, 0.29) is 6.17 Å². The van der Waals surface area contributed by atoms with Gasteiger partial charge < -0.3 is 10.3 Å². The predicted octanol–water partition coefficient (Wildman–Crippen LogP) is 2.63. The largest absolute Gasteiger partial charge is 0.319 e. The first-order valence-electron chi connectivity index (χ1n) is 6.29. The molecule has 88 valence electrons. The van der Waals surface area contributed by atoms with Crippen LogP contribution in [-0.4, -0.2) is 15.3 Å². The first-order chi connectivity index (χ1) is 7.84. The van der Waals surface area contributed by atoms with Crippen molar-refractivity contribution < 1.29 is 0 Å². The molecule has 2 N–H and O–H groups in total. The van der Waals surface area contributed by atoms with Crippen molar-refractivity contribution in [3.05, 3.63) is 17.7 Å². The van der Waals surface area contributed by atoms with E-state index in [0.29, 0.717) is 5.25 Å². The van der Waals surface area contributed by atoms with Gasteiger partial charge in [-0.05, 0) is 31.4 Å². The molecule has 3 heterocycles. The number of hydrogen-bond donors (Lipinski definition) is 1. The number of thioether (sulfide) groups is 1. The summed E-state index contributed by atoms with van der Waals surface area (Å²) < 4.78 is 2.20. The summed E-state index contributed by atoms with van der Waals surface area (Å²) in [5.41, 5.74) is 7.38. The average Bonchev–Trinajstić information content (AvgIpc) is 2.76. The van der Waals surface area contributed by atoms with E-state index in [1.165, 1.54) is 43.0 Å². The molecule has 2 atom stereocenters. The molecule has 1 saturated heterocycles. The van der Waals surface area contributed by atoms with Gasteiger partial charge in [0.05, 0.1) is 11.9 Å². The van der Waals surface area contributed by atoms with Crippen molar-refractivity contribution in [2.45, 2.75) is 49.9 Å². The van der Waals surface area contributed by atoms with Gasteiger partial charge in [-0.1, -0.05) is 6.42 Å². The summed E-state index contributed by atoms with van der Waals surface area (Å²) in [6.07, 6.45) is 9.78. The van der Waals surface area contributed by atoms with Crippen LogP contribution >= 0.6 is 11.8 Å². The van der Waals surface area contributed by atoms with Gasteiger partial charge in [-0.3, -0.25) is 0 Å². The van der Waals surface area contributed by atoms with Gasteiger partial charge in [-0.25, -0.2) is 4.98 Å². The Labute approximate surface area is 101 Å². The van der Waals surface area contributed by atoms with Gasteiger partial charge in [0.25, 0.3) is 0 Å². The van der Waals surface area contributed by atoms with Crippen LogP contribution in [0.1, 0.15) is 55.0 Å². The summed E-state index contributed by atoms with van der Waals surface area (Å²) in [6.45, 7) is 0. The zero-order chi connectivity index (χ0) is 11.0. The van der Waals surface area contributed by atoms with Crippen LogP contribution in [0.4, 0.5) is 0 Å². The van der Waals surface area contributed by atoms with Crippen molar-refractivity contribution in [1.82, 2.24) is 9.55 Å². The number of nitrogens with zero attached hydrogens (tertiary/aromatic N) is 2. The fraction of sp³-hybridized carbons (Fsp3) is 0.750. The molecule has 1 aromatic heterocycles. The summed E-state index contributed by atoms with van der Waals surface area (Å²) in [5.74, 6) is 2.50. The standard InChI is InChI=1S/C12H19N3S/c13-11-5-3-6-12-14-9(8-15(11)12)10-4-1-2-7-16-10/h8,10-11H,1-7,13H2. The van der Waals surface area contributed by atoms with Gasteiger partial charge in [0, 0.05) is 17.9 Å². The molecule has 3 rings (SSSR count). The second-order valence-electron chi connectivity index (χ2n) is 4.80. The SMILES string of the molecule is NC1CCCc2nc(C3CCCCS3)cn21. The Morgan fingerprint density at radius 1 is 1.31 bits per heavy atom. The van der Waals surface area contributed by atoms with Crippen LogP contribution in [0.15, 0.2) is 6.20 Å². The molecule has 2 aliphatic rings. The molecule has 2 aliphatic heterocycles. The van der Waals surface area contributed by atoms with Crippen LogP contribution in [0.2, 0.25) is 0 Å². The number of aryl methyl sites for hydroxylation is 1. The van der Waals surface area contributed by atoms with Crippen molar-refractivity contribution in [2.75, 3.05) is 5.75 Å². The van der Waals surface area contributed by atoms with E-state index in [1.54, 1.807) is 0 Å². The molecule has 0 spiro atoms. The molecule has 1 fully saturated rings. The Hall–Kier alpha value is -0.480. The van der Waals surface area contributed by atoms with E-state index in [1.807, 2.05) is 0 Å². The highest BCUT2D eigenvalue weighted by Gasteiger charge is 2.23. The molecule has 0 aromatic carbocycles. The zero-order valence-electron chi connectivity index (χ0n) is 9.56. The number of imidazole rings is 1. The molecule has 0 aliphatic carbocycles. The minimum atomic E-state index is 0.165. The maximum atomic E-state index is 6.11. The summed E-state index contributed by atoms with van der Waals surface area (Å²) in [7, 11) is 0. The Bertz CT molecular complexity index is 368. The van der Waals surface area contributed by atoms with Crippen molar-refractivity contribution in [2.24, 2.45) is 5.73 Å². The van der Waals surface area contributed by atoms with Crippen LogP contribution in [-0.2, 0) is 6.42 Å². The first kappa shape index (κ1) is 10.7. The third kappa shape index (κ3) is 1.89. The van der Waals surface area contributed by atoms with E-state index in [4.69, 9.17) is 10.7 Å². The smallest absolute Gasteiger partial charge is 0.110 e. The molecule has 0 bridgehead atoms. The predicted molar refractivity (Wildman–Crippen MR) is 67.4 cm³/mol. The molecule has 0 radical (unpaired) electrons. The van der Waals surface area contributed by atoms with Gasteiger partial charge in [0.2, 0.25) is 0 Å². The highest BCUT2D eigenvalue weighted by Crippen LogP contribution is 2.38. The molecular weight excluding hydrogens is 218 g/mol. The molecule has 4 heteroatoms. The highest BCUT2D eigenvalue weighted by molar-refractivity contribution is 7.99. The van der Waals surface area contributed by atoms with Crippen LogP contribution in [0, 0.1) is 0 Å². The molecular formula is C12H19N3S. The molecule has 0 saturated carbocycles. The van der Waals surface area contributed by atoms with Crippen LogP contribution in [0.25, 0.3) is 0 Å². The molecule has 2 unspecified atom stereocenters. The number of rotatable bonds is 1. The van der Waals surface area contributed by atoms with Crippen LogP contribution < -0.4 is 5.73 Å². The van der Waals surface area contributed by atoms with E-state index in [0.717, 1.165) is 12.8 Å². The Morgan fingerprint density at radius 2 is 2.25 bits per heavy atom. The normalized spacial score (nSPS) is 30.1. The number of aromatic nitrogens is 2. The Morgan fingerprint density at radius 3 is 3.00 bits per heavy atom. The molecule has 3 nitrogen and oxygen atoms in total. The Kier molecular flexibility index (Phi) is 2.94. The maximum absolute atomic E-state index is 6.11. The van der Waals surface area contributed by atoms with Crippen LogP contribution in [0.5, 0.6) is 0 Å². The third-order valence-corrected chi connectivity index (χ3v) is 5.00. The molecule has 16 heavy (non-hydrogen) atoms. The average molecular weight is 237 g/mol. The molecule has 1 aromatic rings. The summed E-state index contributed by atoms with van der Waals surface area (Å²) >= 11 is 2.06. The van der Waals surface area contributed by atoms with Gasteiger partial charge in [0.1, 0.15) is 5.82 Å². The van der Waals surface area contributed by atoms with E-state index >= 15 is 0 Å². The van der Waals surface area contributed by atoms with Crippen molar-refractivity contribution in [3.63, 3.8) is 0 Å². The maximum Gasteiger partial charge on any atom is 0.110 e. The van der Waals surface area contributed by atoms with Crippen LogP contribution in [0.3, 0.4) is 0 Å². The summed E-state index contributed by atoms with van der Waals surface area (Å²) in [5, 5.41) is 0.624. The minimum Gasteiger partial charge on any atom is -0.319 e. The van der Waals surface area contributed by atoms with Gasteiger partial charge in [-0.2, -0.15) is 11.8 Å². The van der Waals surface area contributed by atoms with Crippen molar-refractivity contribution in [3.8, 4) is 0 Å². The lowest BCUT2D eigenvalue weighted by molar-refractivity contribution is 0.408. The van der Waals surface area contributed by atoms with Gasteiger partial charge in [0.15, 0.2) is 0 Å². The number of fused-ring (bicyclic) bond motifs is 1. The monoisotopic (exact) mass is 237 g/mol. The second kappa shape index (κ2) is 4.41. The van der Waals surface area contributed by atoms with E-state index in [2.05, 4.69) is 22.5 Å². The quantitative estimate of drug-likeness (QED) is 0.816. The molecule has 0 amide bonds. The third-order valence-electron chi connectivity index (χ3n) is 3.59. The minimum absolute atomic E-state index is 0.165. The fourth-order valence-electron chi connectivity index (χ4n) is 2.66. The Balaban J connectivity index is 1.85. The first-order valence-corrected chi connectivity index (χ1v) is 7.34. The topological polar surface area (TPSA) is 43.8 Å². The highest BCUT2D eigenvalue weighted by atomic mass is 32.2. The van der Waals surface area contributed by atoms with Crippen molar-refractivity contribution in [1.29, 1.82) is 0 Å². The summed E-state index contributed by atoms with van der Waals surface area (Å²) in [6, 6.07) is 0. The second-order valence-corrected chi connectivity index (χ2v) is 6.11. The van der Waals surface area contributed by atoms with Gasteiger partial charge >= 0.3 is 0 Å². The fourth-order valence-corrected chi connectivity index (χ4v) is 3.94. The van der Waals surface area contributed by atoms with Gasteiger partial charge in [-0.15, -0.1) is 0 Å². The lowest BCUT2D eigenvalue weighted by atomic mass is 10.1.